The van der Waals surface area contributed by atoms with Gasteiger partial charge in [0.05, 0.1) is 16.6 Å². The molecule has 1 aliphatic rings. The molecule has 2 aromatic rings. The Labute approximate surface area is 141 Å². The van der Waals surface area contributed by atoms with E-state index in [1.807, 2.05) is 31.7 Å². The summed E-state index contributed by atoms with van der Waals surface area (Å²) >= 11 is 0. The van der Waals surface area contributed by atoms with Gasteiger partial charge in [0.1, 0.15) is 0 Å². The van der Waals surface area contributed by atoms with E-state index in [0.29, 0.717) is 28.9 Å². The lowest BCUT2D eigenvalue weighted by molar-refractivity contribution is 0.0490. The topological polar surface area (TPSA) is 79.5 Å². The highest BCUT2D eigenvalue weighted by molar-refractivity contribution is 6.06. The zero-order valence-corrected chi connectivity index (χ0v) is 14.7. The van der Waals surface area contributed by atoms with Crippen molar-refractivity contribution in [2.45, 2.75) is 52.5 Å². The van der Waals surface area contributed by atoms with Crippen LogP contribution in [0, 0.1) is 12.8 Å². The largest absolute Gasteiger partial charge is 0.396 e. The second-order valence-electron chi connectivity index (χ2n) is 7.13. The molecular formula is C18H25N3O3. The van der Waals surface area contributed by atoms with Gasteiger partial charge in [-0.15, -0.1) is 0 Å². The first kappa shape index (κ1) is 16.9. The summed E-state index contributed by atoms with van der Waals surface area (Å²) in [7, 11) is 0. The molecule has 24 heavy (non-hydrogen) atoms. The van der Waals surface area contributed by atoms with Crippen LogP contribution in [0.5, 0.6) is 0 Å². The minimum atomic E-state index is -0.0266. The van der Waals surface area contributed by atoms with Crippen LogP contribution in [0.25, 0.3) is 11.1 Å². The van der Waals surface area contributed by atoms with Crippen molar-refractivity contribution in [3.63, 3.8) is 0 Å². The van der Waals surface area contributed by atoms with Crippen molar-refractivity contribution in [1.82, 2.24) is 15.0 Å². The molecule has 0 aliphatic carbocycles. The average molecular weight is 331 g/mol. The Morgan fingerprint density at radius 1 is 1.46 bits per heavy atom. The number of aryl methyl sites for hydroxylation is 1. The van der Waals surface area contributed by atoms with Gasteiger partial charge in [-0.25, -0.2) is 4.98 Å². The first-order chi connectivity index (χ1) is 11.4. The molecule has 0 spiro atoms. The van der Waals surface area contributed by atoms with E-state index in [-0.39, 0.29) is 30.4 Å². The number of hydrogen-bond acceptors (Lipinski definition) is 5. The predicted molar refractivity (Wildman–Crippen MR) is 90.9 cm³/mol. The summed E-state index contributed by atoms with van der Waals surface area (Å²) in [5.41, 5.74) is 2.53. The number of pyridine rings is 1. The number of nitrogens with zero attached hydrogens (tertiary/aromatic N) is 3. The van der Waals surface area contributed by atoms with Crippen molar-refractivity contribution in [3.05, 3.63) is 23.0 Å². The third kappa shape index (κ3) is 2.90. The van der Waals surface area contributed by atoms with Gasteiger partial charge in [-0.3, -0.25) is 4.79 Å². The lowest BCUT2D eigenvalue weighted by atomic mass is 9.93. The molecule has 130 valence electrons. The number of aliphatic hydroxyl groups is 1. The van der Waals surface area contributed by atoms with Crippen LogP contribution in [0.2, 0.25) is 0 Å². The standard InChI is InChI=1S/C18H25N3O3/c1-10(2)15-7-14(16-12(4)20-24-17(16)19-15)18(23)21-8-13(9-22)6-5-11(21)3/h7,10-11,13,22H,5-6,8-9H2,1-4H3. The van der Waals surface area contributed by atoms with Crippen molar-refractivity contribution >= 4 is 17.0 Å². The van der Waals surface area contributed by atoms with E-state index in [1.165, 1.54) is 0 Å². The first-order valence-electron chi connectivity index (χ1n) is 8.61. The molecule has 3 heterocycles. The Morgan fingerprint density at radius 2 is 2.21 bits per heavy atom. The van der Waals surface area contributed by atoms with E-state index in [4.69, 9.17) is 4.52 Å². The van der Waals surface area contributed by atoms with Crippen LogP contribution in [-0.4, -0.2) is 45.2 Å². The number of carbonyl (C=O) groups excluding carboxylic acids is 1. The number of piperidine rings is 1. The molecule has 2 unspecified atom stereocenters. The van der Waals surface area contributed by atoms with E-state index in [2.05, 4.69) is 17.1 Å². The number of likely N-dealkylation sites (tertiary alicyclic amines) is 1. The van der Waals surface area contributed by atoms with Gasteiger partial charge in [-0.1, -0.05) is 19.0 Å². The molecule has 3 rings (SSSR count). The number of amides is 1. The zero-order chi connectivity index (χ0) is 17.4. The minimum Gasteiger partial charge on any atom is -0.396 e. The maximum atomic E-state index is 13.3. The van der Waals surface area contributed by atoms with Crippen molar-refractivity contribution < 1.29 is 14.4 Å². The maximum absolute atomic E-state index is 13.3. The third-order valence-electron chi connectivity index (χ3n) is 4.96. The fourth-order valence-electron chi connectivity index (χ4n) is 3.35. The van der Waals surface area contributed by atoms with E-state index in [9.17, 15) is 9.90 Å². The SMILES string of the molecule is Cc1noc2nc(C(C)C)cc(C(=O)N3CC(CO)CCC3C)c12. The summed E-state index contributed by atoms with van der Waals surface area (Å²) in [5, 5.41) is 14.2. The van der Waals surface area contributed by atoms with Gasteiger partial charge in [0, 0.05) is 24.9 Å². The zero-order valence-electron chi connectivity index (χ0n) is 14.7. The highest BCUT2D eigenvalue weighted by Crippen LogP contribution is 2.29. The first-order valence-corrected chi connectivity index (χ1v) is 8.61. The van der Waals surface area contributed by atoms with Crippen LogP contribution in [0.3, 0.4) is 0 Å². The van der Waals surface area contributed by atoms with Gasteiger partial charge in [0.25, 0.3) is 11.6 Å². The maximum Gasteiger partial charge on any atom is 0.259 e. The van der Waals surface area contributed by atoms with E-state index in [1.54, 1.807) is 0 Å². The quantitative estimate of drug-likeness (QED) is 0.935. The Morgan fingerprint density at radius 3 is 2.88 bits per heavy atom. The Balaban J connectivity index is 2.06. The number of fused-ring (bicyclic) bond motifs is 1. The molecule has 1 N–H and O–H groups in total. The number of aliphatic hydroxyl groups excluding tert-OH is 1. The molecule has 0 radical (unpaired) electrons. The number of hydrogen-bond donors (Lipinski definition) is 1. The van der Waals surface area contributed by atoms with Gasteiger partial charge < -0.3 is 14.5 Å². The second-order valence-corrected chi connectivity index (χ2v) is 7.13. The fraction of sp³-hybridized carbons (Fsp3) is 0.611. The van der Waals surface area contributed by atoms with Gasteiger partial charge in [-0.2, -0.15) is 0 Å². The number of rotatable bonds is 3. The second kappa shape index (κ2) is 6.51. The highest BCUT2D eigenvalue weighted by Gasteiger charge is 2.31. The van der Waals surface area contributed by atoms with Crippen LogP contribution >= 0.6 is 0 Å². The van der Waals surface area contributed by atoms with Gasteiger partial charge in [0.15, 0.2) is 0 Å². The van der Waals surface area contributed by atoms with Crippen LogP contribution in [0.1, 0.15) is 61.3 Å². The number of aromatic nitrogens is 2. The van der Waals surface area contributed by atoms with Crippen molar-refractivity contribution in [3.8, 4) is 0 Å². The van der Waals surface area contributed by atoms with Gasteiger partial charge >= 0.3 is 0 Å². The van der Waals surface area contributed by atoms with Crippen molar-refractivity contribution in [2.75, 3.05) is 13.2 Å². The van der Waals surface area contributed by atoms with Crippen LogP contribution in [0.4, 0.5) is 0 Å². The molecule has 2 atom stereocenters. The van der Waals surface area contributed by atoms with E-state index < -0.39 is 0 Å². The molecule has 1 saturated heterocycles. The Kier molecular flexibility index (Phi) is 4.58. The summed E-state index contributed by atoms with van der Waals surface area (Å²) in [4.78, 5) is 19.6. The monoisotopic (exact) mass is 331 g/mol. The molecule has 2 aromatic heterocycles. The normalized spacial score (nSPS) is 21.7. The molecule has 6 heteroatoms. The summed E-state index contributed by atoms with van der Waals surface area (Å²) in [6.45, 7) is 8.67. The molecular weight excluding hydrogens is 306 g/mol. The van der Waals surface area contributed by atoms with Crippen LogP contribution in [0.15, 0.2) is 10.6 Å². The lowest BCUT2D eigenvalue weighted by Crippen LogP contribution is -2.46. The van der Waals surface area contributed by atoms with Gasteiger partial charge in [-0.05, 0) is 44.6 Å². The van der Waals surface area contributed by atoms with Crippen LogP contribution in [-0.2, 0) is 0 Å². The molecule has 6 nitrogen and oxygen atoms in total. The fourth-order valence-corrected chi connectivity index (χ4v) is 3.35. The Hall–Kier alpha value is -1.95. The predicted octanol–water partition coefficient (Wildman–Crippen LogP) is 2.89. The number of carbonyl (C=O) groups is 1. The minimum absolute atomic E-state index is 0.0266. The Bertz CT molecular complexity index is 753. The van der Waals surface area contributed by atoms with Crippen molar-refractivity contribution in [2.24, 2.45) is 5.92 Å². The van der Waals surface area contributed by atoms with E-state index >= 15 is 0 Å². The molecule has 1 aliphatic heterocycles. The summed E-state index contributed by atoms with van der Waals surface area (Å²) in [6, 6.07) is 2.03. The molecule has 0 bridgehead atoms. The lowest BCUT2D eigenvalue weighted by Gasteiger charge is -2.37. The third-order valence-corrected chi connectivity index (χ3v) is 4.96. The molecule has 0 saturated carbocycles. The summed E-state index contributed by atoms with van der Waals surface area (Å²) in [6.07, 6.45) is 1.86. The van der Waals surface area contributed by atoms with Gasteiger partial charge in [0.2, 0.25) is 0 Å². The van der Waals surface area contributed by atoms with E-state index in [0.717, 1.165) is 18.5 Å². The summed E-state index contributed by atoms with van der Waals surface area (Å²) in [5.74, 6) is 0.312. The highest BCUT2D eigenvalue weighted by atomic mass is 16.5. The average Bonchev–Trinajstić information content (AvgIpc) is 2.95. The smallest absolute Gasteiger partial charge is 0.259 e. The summed E-state index contributed by atoms with van der Waals surface area (Å²) < 4.78 is 5.31. The molecule has 1 fully saturated rings. The van der Waals surface area contributed by atoms with Crippen LogP contribution < -0.4 is 0 Å². The van der Waals surface area contributed by atoms with Crippen molar-refractivity contribution in [1.29, 1.82) is 0 Å². The molecule has 1 amide bonds. The molecule has 0 aromatic carbocycles.